The fourth-order valence-corrected chi connectivity index (χ4v) is 4.37. The Hall–Kier alpha value is -3.67. The number of carbonyl (C=O) groups excluding carboxylic acids is 2. The monoisotopic (exact) mass is 539 g/mol. The first-order chi connectivity index (χ1) is 16.4. The van der Waals surface area contributed by atoms with Gasteiger partial charge in [0, 0.05) is 11.1 Å². The second-order valence-corrected chi connectivity index (χ2v) is 8.60. The number of hydrogen-bond acceptors (Lipinski definition) is 4. The molecule has 1 N–H and O–H groups in total. The molecule has 4 rings (SSSR count). The van der Waals surface area contributed by atoms with Gasteiger partial charge >= 0.3 is 6.03 Å². The molecular weight excluding hydrogens is 525 g/mol. The molecule has 0 radical (unpaired) electrons. The van der Waals surface area contributed by atoms with E-state index in [-0.39, 0.29) is 29.4 Å². The van der Waals surface area contributed by atoms with Crippen molar-refractivity contribution in [1.29, 1.82) is 5.26 Å². The van der Waals surface area contributed by atoms with Gasteiger partial charge in [-0.25, -0.2) is 9.18 Å². The molecule has 9 heteroatoms. The Morgan fingerprint density at radius 2 is 1.82 bits per heavy atom. The lowest BCUT2D eigenvalue weighted by Gasteiger charge is -2.12. The molecule has 0 saturated carbocycles. The number of nitriles is 1. The molecule has 1 saturated heterocycles. The third-order valence-corrected chi connectivity index (χ3v) is 5.96. The molecule has 1 fully saturated rings. The van der Waals surface area contributed by atoms with Crippen LogP contribution in [0.5, 0.6) is 5.75 Å². The van der Waals surface area contributed by atoms with Crippen molar-refractivity contribution in [2.75, 3.05) is 0 Å². The van der Waals surface area contributed by atoms with E-state index in [0.29, 0.717) is 26.9 Å². The van der Waals surface area contributed by atoms with Crippen LogP contribution >= 0.6 is 27.5 Å². The predicted octanol–water partition coefficient (Wildman–Crippen LogP) is 5.79. The van der Waals surface area contributed by atoms with E-state index < -0.39 is 17.8 Å². The highest BCUT2D eigenvalue weighted by Crippen LogP contribution is 2.36. The van der Waals surface area contributed by atoms with Crippen molar-refractivity contribution >= 4 is 45.5 Å². The molecule has 1 aliphatic rings. The molecule has 0 unspecified atom stereocenters. The van der Waals surface area contributed by atoms with Crippen molar-refractivity contribution in [3.8, 4) is 11.8 Å². The summed E-state index contributed by atoms with van der Waals surface area (Å²) in [5.41, 5.74) is 2.04. The van der Waals surface area contributed by atoms with Gasteiger partial charge in [-0.15, -0.1) is 0 Å². The van der Waals surface area contributed by atoms with Gasteiger partial charge in [-0.2, -0.15) is 5.26 Å². The zero-order valence-electron chi connectivity index (χ0n) is 17.5. The SMILES string of the molecule is N#Cc1ccccc1COc1c(Cl)cc(/C=C2/NC(=O)N(Cc3ccccc3F)C2=O)cc1Br. The molecule has 0 bridgehead atoms. The maximum atomic E-state index is 13.9. The van der Waals surface area contributed by atoms with E-state index in [4.69, 9.17) is 16.3 Å². The summed E-state index contributed by atoms with van der Waals surface area (Å²) in [6.07, 6.45) is 1.48. The Morgan fingerprint density at radius 1 is 1.12 bits per heavy atom. The van der Waals surface area contributed by atoms with E-state index in [2.05, 4.69) is 27.3 Å². The van der Waals surface area contributed by atoms with E-state index in [1.165, 1.54) is 24.3 Å². The van der Waals surface area contributed by atoms with Crippen molar-refractivity contribution in [3.63, 3.8) is 0 Å². The van der Waals surface area contributed by atoms with Crippen molar-refractivity contribution in [1.82, 2.24) is 10.2 Å². The van der Waals surface area contributed by atoms with E-state index in [9.17, 15) is 19.2 Å². The Kier molecular flexibility index (Phi) is 6.96. The minimum Gasteiger partial charge on any atom is -0.486 e. The van der Waals surface area contributed by atoms with Crippen LogP contribution in [-0.4, -0.2) is 16.8 Å². The number of imide groups is 1. The number of ether oxygens (including phenoxy) is 1. The number of nitrogens with one attached hydrogen (secondary N) is 1. The number of carbonyl (C=O) groups is 2. The van der Waals surface area contributed by atoms with Crippen LogP contribution in [0.4, 0.5) is 9.18 Å². The molecule has 0 atom stereocenters. The number of benzene rings is 3. The van der Waals surface area contributed by atoms with Crippen molar-refractivity contribution < 1.29 is 18.7 Å². The van der Waals surface area contributed by atoms with Crippen molar-refractivity contribution in [3.05, 3.63) is 104 Å². The fraction of sp³-hybridized carbons (Fsp3) is 0.0800. The normalized spacial score (nSPS) is 14.3. The zero-order chi connectivity index (χ0) is 24.2. The molecule has 34 heavy (non-hydrogen) atoms. The van der Waals surface area contributed by atoms with Crippen molar-refractivity contribution in [2.24, 2.45) is 0 Å². The van der Waals surface area contributed by atoms with Crippen LogP contribution in [0.1, 0.15) is 22.3 Å². The third-order valence-electron chi connectivity index (χ3n) is 5.09. The van der Waals surface area contributed by atoms with Gasteiger partial charge in [0.25, 0.3) is 5.91 Å². The Bertz CT molecular complexity index is 1350. The lowest BCUT2D eigenvalue weighted by Crippen LogP contribution is -2.30. The fourth-order valence-electron chi connectivity index (χ4n) is 3.38. The first-order valence-corrected chi connectivity index (χ1v) is 11.2. The minimum absolute atomic E-state index is 0.0425. The molecule has 0 aliphatic carbocycles. The van der Waals surface area contributed by atoms with Crippen LogP contribution in [0.25, 0.3) is 6.08 Å². The average Bonchev–Trinajstić information content (AvgIpc) is 3.07. The summed E-state index contributed by atoms with van der Waals surface area (Å²) in [5, 5.41) is 12.0. The number of rotatable bonds is 6. The van der Waals surface area contributed by atoms with Gasteiger partial charge in [-0.1, -0.05) is 48.0 Å². The molecule has 6 nitrogen and oxygen atoms in total. The second kappa shape index (κ2) is 10.1. The molecule has 1 aliphatic heterocycles. The van der Waals surface area contributed by atoms with Crippen LogP contribution in [0.15, 0.2) is 70.8 Å². The quantitative estimate of drug-likeness (QED) is 0.317. The highest BCUT2D eigenvalue weighted by Gasteiger charge is 2.34. The highest BCUT2D eigenvalue weighted by molar-refractivity contribution is 9.10. The summed E-state index contributed by atoms with van der Waals surface area (Å²) < 4.78 is 20.3. The van der Waals surface area contributed by atoms with Gasteiger partial charge < -0.3 is 10.1 Å². The molecule has 0 spiro atoms. The summed E-state index contributed by atoms with van der Waals surface area (Å²) in [4.78, 5) is 26.0. The maximum absolute atomic E-state index is 13.9. The highest BCUT2D eigenvalue weighted by atomic mass is 79.9. The largest absolute Gasteiger partial charge is 0.486 e. The Labute approximate surface area is 208 Å². The van der Waals surface area contributed by atoms with E-state index in [1.54, 1.807) is 36.4 Å². The molecule has 1 heterocycles. The topological polar surface area (TPSA) is 82.4 Å². The minimum atomic E-state index is -0.638. The van der Waals surface area contributed by atoms with Crippen LogP contribution in [0.2, 0.25) is 5.02 Å². The van der Waals surface area contributed by atoms with E-state index in [1.807, 2.05) is 6.07 Å². The maximum Gasteiger partial charge on any atom is 0.329 e. The van der Waals surface area contributed by atoms with Gasteiger partial charge in [-0.05, 0) is 51.8 Å². The van der Waals surface area contributed by atoms with E-state index >= 15 is 0 Å². The standard InChI is InChI=1S/C25H16BrClFN3O3/c26-19-9-15(10-20(27)23(19)34-14-18-7-2-1-5-16(18)12-29)11-22-24(32)31(25(33)30-22)13-17-6-3-4-8-21(17)28/h1-11H,13-14H2,(H,30,33)/b22-11+. The van der Waals surface area contributed by atoms with Gasteiger partial charge in [0.2, 0.25) is 0 Å². The van der Waals surface area contributed by atoms with Crippen molar-refractivity contribution in [2.45, 2.75) is 13.2 Å². The summed E-state index contributed by atoms with van der Waals surface area (Å²) in [5.74, 6) is -0.697. The molecule has 170 valence electrons. The zero-order valence-corrected chi connectivity index (χ0v) is 19.9. The lowest BCUT2D eigenvalue weighted by molar-refractivity contribution is -0.123. The van der Waals surface area contributed by atoms with Gasteiger partial charge in [0.05, 0.1) is 27.7 Å². The van der Waals surface area contributed by atoms with Gasteiger partial charge in [-0.3, -0.25) is 9.69 Å². The summed E-state index contributed by atoms with van der Waals surface area (Å²) in [6.45, 7) is -0.0435. The molecule has 3 aromatic rings. The average molecular weight is 541 g/mol. The Morgan fingerprint density at radius 3 is 2.53 bits per heavy atom. The number of urea groups is 1. The number of nitrogens with zero attached hydrogens (tertiary/aromatic N) is 2. The Balaban J connectivity index is 1.52. The predicted molar refractivity (Wildman–Crippen MR) is 128 cm³/mol. The smallest absolute Gasteiger partial charge is 0.329 e. The van der Waals surface area contributed by atoms with Crippen LogP contribution in [-0.2, 0) is 17.9 Å². The third kappa shape index (κ3) is 4.96. The first kappa shape index (κ1) is 23.5. The van der Waals surface area contributed by atoms with Gasteiger partial charge in [0.15, 0.2) is 5.75 Å². The number of amides is 3. The van der Waals surface area contributed by atoms with Crippen LogP contribution in [0.3, 0.4) is 0 Å². The van der Waals surface area contributed by atoms with Gasteiger partial charge in [0.1, 0.15) is 18.1 Å². The van der Waals surface area contributed by atoms with Crippen LogP contribution in [0, 0.1) is 17.1 Å². The molecule has 3 amide bonds. The summed E-state index contributed by atoms with van der Waals surface area (Å²) in [7, 11) is 0. The first-order valence-electron chi connectivity index (χ1n) is 10.0. The number of hydrogen-bond donors (Lipinski definition) is 1. The number of halogens is 3. The van der Waals surface area contributed by atoms with E-state index in [0.717, 1.165) is 4.90 Å². The molecule has 0 aromatic heterocycles. The van der Waals surface area contributed by atoms with Crippen LogP contribution < -0.4 is 10.1 Å². The molecule has 3 aromatic carbocycles. The summed E-state index contributed by atoms with van der Waals surface area (Å²) >= 11 is 9.82. The summed E-state index contributed by atoms with van der Waals surface area (Å²) in [6, 6.07) is 17.8. The second-order valence-electron chi connectivity index (χ2n) is 7.34. The molecular formula is C25H16BrClFN3O3. The lowest BCUT2D eigenvalue weighted by atomic mass is 10.1.